The number of nitrogen functional groups attached to an aromatic ring is 1. The highest BCUT2D eigenvalue weighted by atomic mass is 15.8. The van der Waals surface area contributed by atoms with Crippen LogP contribution >= 0.6 is 0 Å². The van der Waals surface area contributed by atoms with Crippen molar-refractivity contribution in [3.8, 4) is 0 Å². The monoisotopic (exact) mass is 164 g/mol. The molecule has 1 heterocycles. The van der Waals surface area contributed by atoms with E-state index in [4.69, 9.17) is 11.6 Å². The Balaban J connectivity index is 2.55. The quantitative estimate of drug-likeness (QED) is 0.428. The minimum Gasteiger partial charge on any atom is -0.397 e. The Morgan fingerprint density at radius 3 is 2.83 bits per heavy atom. The summed E-state index contributed by atoms with van der Waals surface area (Å²) in [7, 11) is 1.93. The summed E-state index contributed by atoms with van der Waals surface area (Å²) >= 11 is 0. The molecule has 1 aliphatic heterocycles. The fourth-order valence-electron chi connectivity index (χ4n) is 1.51. The molecule has 1 aromatic carbocycles. The minimum atomic E-state index is 0.736. The molecule has 64 valence electrons. The molecule has 4 heteroatoms. The minimum absolute atomic E-state index is 0.736. The third-order valence-electron chi connectivity index (χ3n) is 2.15. The number of para-hydroxylation sites is 1. The van der Waals surface area contributed by atoms with Crippen molar-refractivity contribution in [3.63, 3.8) is 0 Å². The van der Waals surface area contributed by atoms with Crippen molar-refractivity contribution in [2.24, 2.45) is 5.84 Å². The van der Waals surface area contributed by atoms with Crippen molar-refractivity contribution in [2.45, 2.75) is 6.54 Å². The van der Waals surface area contributed by atoms with Gasteiger partial charge in [0, 0.05) is 13.6 Å². The van der Waals surface area contributed by atoms with E-state index in [1.54, 1.807) is 5.12 Å². The lowest BCUT2D eigenvalue weighted by Gasteiger charge is -2.21. The van der Waals surface area contributed by atoms with Gasteiger partial charge in [0.2, 0.25) is 0 Å². The maximum atomic E-state index is 5.78. The van der Waals surface area contributed by atoms with Crippen LogP contribution in [0, 0.1) is 0 Å². The SMILES string of the molecule is CN1Cc2cccc(N)c2N1N. The molecule has 0 bridgehead atoms. The van der Waals surface area contributed by atoms with Crippen molar-refractivity contribution in [3.05, 3.63) is 23.8 Å². The molecule has 0 saturated carbocycles. The van der Waals surface area contributed by atoms with E-state index < -0.39 is 0 Å². The molecule has 1 aromatic rings. The lowest BCUT2D eigenvalue weighted by atomic mass is 10.2. The zero-order chi connectivity index (χ0) is 8.72. The van der Waals surface area contributed by atoms with Crippen LogP contribution in [0.25, 0.3) is 0 Å². The fourth-order valence-corrected chi connectivity index (χ4v) is 1.51. The van der Waals surface area contributed by atoms with Crippen molar-refractivity contribution in [1.82, 2.24) is 5.01 Å². The summed E-state index contributed by atoms with van der Waals surface area (Å²) in [6.07, 6.45) is 0. The molecule has 0 amide bonds. The van der Waals surface area contributed by atoms with Crippen LogP contribution in [0.2, 0.25) is 0 Å². The lowest BCUT2D eigenvalue weighted by molar-refractivity contribution is 0.327. The van der Waals surface area contributed by atoms with Gasteiger partial charge >= 0.3 is 0 Å². The average Bonchev–Trinajstić information content (AvgIpc) is 2.29. The van der Waals surface area contributed by atoms with Crippen LogP contribution in [0.1, 0.15) is 5.56 Å². The summed E-state index contributed by atoms with van der Waals surface area (Å²) in [5.74, 6) is 5.77. The van der Waals surface area contributed by atoms with Gasteiger partial charge in [0.15, 0.2) is 0 Å². The number of hydrogen-bond donors (Lipinski definition) is 2. The number of hydrogen-bond acceptors (Lipinski definition) is 4. The Hall–Kier alpha value is -1.26. The van der Waals surface area contributed by atoms with Crippen LogP contribution in [0.15, 0.2) is 18.2 Å². The first-order valence-electron chi connectivity index (χ1n) is 3.83. The predicted octanol–water partition coefficient (Wildman–Crippen LogP) is 0.309. The normalized spacial score (nSPS) is 16.7. The molecule has 1 aliphatic rings. The van der Waals surface area contributed by atoms with E-state index in [-0.39, 0.29) is 0 Å². The smallest absolute Gasteiger partial charge is 0.0976 e. The van der Waals surface area contributed by atoms with Gasteiger partial charge in [0.25, 0.3) is 0 Å². The van der Waals surface area contributed by atoms with Crippen molar-refractivity contribution in [1.29, 1.82) is 0 Å². The van der Waals surface area contributed by atoms with Crippen molar-refractivity contribution in [2.75, 3.05) is 17.9 Å². The van der Waals surface area contributed by atoms with Crippen LogP contribution in [-0.4, -0.2) is 12.1 Å². The van der Waals surface area contributed by atoms with E-state index >= 15 is 0 Å². The second-order valence-electron chi connectivity index (χ2n) is 3.02. The number of anilines is 2. The summed E-state index contributed by atoms with van der Waals surface area (Å²) in [5.41, 5.74) is 8.62. The first-order chi connectivity index (χ1) is 5.70. The maximum Gasteiger partial charge on any atom is 0.0976 e. The summed E-state index contributed by atoms with van der Waals surface area (Å²) < 4.78 is 0. The van der Waals surface area contributed by atoms with Gasteiger partial charge in [-0.3, -0.25) is 0 Å². The molecule has 2 rings (SSSR count). The van der Waals surface area contributed by atoms with E-state index in [1.807, 2.05) is 30.3 Å². The molecule has 0 unspecified atom stereocenters. The summed E-state index contributed by atoms with van der Waals surface area (Å²) in [6.45, 7) is 0.830. The van der Waals surface area contributed by atoms with Crippen LogP contribution in [0.3, 0.4) is 0 Å². The molecule has 0 aliphatic carbocycles. The Morgan fingerprint density at radius 1 is 1.42 bits per heavy atom. The molecule has 12 heavy (non-hydrogen) atoms. The molecule has 0 fully saturated rings. The zero-order valence-electron chi connectivity index (χ0n) is 6.99. The van der Waals surface area contributed by atoms with Gasteiger partial charge in [0.1, 0.15) is 0 Å². The highest BCUT2D eigenvalue weighted by Crippen LogP contribution is 2.32. The molecular weight excluding hydrogens is 152 g/mol. The summed E-state index contributed by atoms with van der Waals surface area (Å²) in [5, 5.41) is 3.51. The van der Waals surface area contributed by atoms with Crippen molar-refractivity contribution < 1.29 is 0 Å². The number of benzene rings is 1. The van der Waals surface area contributed by atoms with Crippen molar-refractivity contribution >= 4 is 11.4 Å². The number of rotatable bonds is 0. The Bertz CT molecular complexity index is 310. The zero-order valence-corrected chi connectivity index (χ0v) is 6.99. The molecule has 0 spiro atoms. The molecule has 0 saturated heterocycles. The standard InChI is InChI=1S/C8H12N4/c1-11-5-6-3-2-4-7(9)8(6)12(11)10/h2-4H,5,9-10H2,1H3. The Labute approximate surface area is 71.3 Å². The van der Waals surface area contributed by atoms with Crippen LogP contribution in [-0.2, 0) is 6.54 Å². The first-order valence-corrected chi connectivity index (χ1v) is 3.83. The van der Waals surface area contributed by atoms with Crippen LogP contribution in [0.5, 0.6) is 0 Å². The van der Waals surface area contributed by atoms with Gasteiger partial charge in [-0.1, -0.05) is 12.1 Å². The van der Waals surface area contributed by atoms with E-state index in [2.05, 4.69) is 0 Å². The first kappa shape index (κ1) is 7.39. The van der Waals surface area contributed by atoms with Gasteiger partial charge in [-0.15, -0.1) is 0 Å². The molecule has 4 N–H and O–H groups in total. The Kier molecular flexibility index (Phi) is 1.46. The number of nitrogens with two attached hydrogens (primary N) is 2. The molecular formula is C8H12N4. The highest BCUT2D eigenvalue weighted by molar-refractivity contribution is 5.72. The van der Waals surface area contributed by atoms with Gasteiger partial charge < -0.3 is 5.73 Å². The lowest BCUT2D eigenvalue weighted by Crippen LogP contribution is -2.40. The molecule has 0 atom stereocenters. The summed E-state index contributed by atoms with van der Waals surface area (Å²) in [4.78, 5) is 0. The summed E-state index contributed by atoms with van der Waals surface area (Å²) in [6, 6.07) is 5.84. The highest BCUT2D eigenvalue weighted by Gasteiger charge is 2.23. The number of fused-ring (bicyclic) bond motifs is 1. The molecule has 4 nitrogen and oxygen atoms in total. The Morgan fingerprint density at radius 2 is 2.17 bits per heavy atom. The topological polar surface area (TPSA) is 58.5 Å². The molecule has 0 radical (unpaired) electrons. The van der Waals surface area contributed by atoms with E-state index in [1.165, 1.54) is 5.56 Å². The fraction of sp³-hybridized carbons (Fsp3) is 0.250. The predicted molar refractivity (Wildman–Crippen MR) is 49.0 cm³/mol. The largest absolute Gasteiger partial charge is 0.397 e. The van der Waals surface area contributed by atoms with Gasteiger partial charge in [-0.2, -0.15) is 0 Å². The average molecular weight is 164 g/mol. The third kappa shape index (κ3) is 0.855. The third-order valence-corrected chi connectivity index (χ3v) is 2.15. The van der Waals surface area contributed by atoms with Crippen LogP contribution in [0.4, 0.5) is 11.4 Å². The van der Waals surface area contributed by atoms with Gasteiger partial charge in [-0.05, 0) is 11.6 Å². The number of nitrogens with zero attached hydrogens (tertiary/aromatic N) is 2. The van der Waals surface area contributed by atoms with E-state index in [0.717, 1.165) is 17.9 Å². The molecule has 0 aromatic heterocycles. The van der Waals surface area contributed by atoms with E-state index in [9.17, 15) is 0 Å². The van der Waals surface area contributed by atoms with Gasteiger partial charge in [0.05, 0.1) is 11.4 Å². The second-order valence-corrected chi connectivity index (χ2v) is 3.02. The second kappa shape index (κ2) is 2.36. The van der Waals surface area contributed by atoms with E-state index in [0.29, 0.717) is 0 Å². The van der Waals surface area contributed by atoms with Gasteiger partial charge in [-0.25, -0.2) is 16.0 Å². The number of hydrazine groups is 2. The maximum absolute atomic E-state index is 5.78. The van der Waals surface area contributed by atoms with Crippen LogP contribution < -0.4 is 16.7 Å².